The highest BCUT2D eigenvalue weighted by Gasteiger charge is 2.38. The van der Waals surface area contributed by atoms with Crippen molar-refractivity contribution in [1.29, 1.82) is 0 Å². The Hall–Kier alpha value is -3.36. The molecule has 0 spiro atoms. The van der Waals surface area contributed by atoms with E-state index in [0.717, 1.165) is 17.3 Å². The van der Waals surface area contributed by atoms with Crippen molar-refractivity contribution in [3.05, 3.63) is 59.8 Å². The number of nitrogens with zero attached hydrogens (tertiary/aromatic N) is 5. The van der Waals surface area contributed by atoms with E-state index in [0.29, 0.717) is 11.4 Å². The summed E-state index contributed by atoms with van der Waals surface area (Å²) in [5, 5.41) is 4.12. The number of hydrogen-bond donors (Lipinski definition) is 0. The molecule has 1 fully saturated rings. The molecule has 2 aromatic heterocycles. The summed E-state index contributed by atoms with van der Waals surface area (Å²) in [5.74, 6) is -1.02. The summed E-state index contributed by atoms with van der Waals surface area (Å²) in [4.78, 5) is 21.8. The molecule has 7 nitrogen and oxygen atoms in total. The molecule has 1 aliphatic rings. The molecule has 0 saturated carbocycles. The fraction of sp³-hybridized carbons (Fsp3) is 0.391. The molecule has 9 heteroatoms. The summed E-state index contributed by atoms with van der Waals surface area (Å²) in [6.07, 6.45) is 4.21. The number of carbonyl (C=O) groups excluding carboxylic acids is 1. The van der Waals surface area contributed by atoms with Gasteiger partial charge in [-0.3, -0.25) is 9.58 Å². The van der Waals surface area contributed by atoms with Gasteiger partial charge in [0.25, 0.3) is 0 Å². The monoisotopic (exact) mass is 441 g/mol. The lowest BCUT2D eigenvalue weighted by Gasteiger charge is -2.24. The molecular formula is C23H25F2N5O2. The number of rotatable bonds is 6. The minimum absolute atomic E-state index is 0.0608. The van der Waals surface area contributed by atoms with Gasteiger partial charge in [-0.1, -0.05) is 32.9 Å². The third-order valence-electron chi connectivity index (χ3n) is 5.74. The molecule has 0 aliphatic carbocycles. The van der Waals surface area contributed by atoms with Crippen molar-refractivity contribution in [2.45, 2.75) is 39.2 Å². The number of hydrogen-bond acceptors (Lipinski definition) is 5. The minimum atomic E-state index is -0.696. The van der Waals surface area contributed by atoms with Crippen molar-refractivity contribution in [3.63, 3.8) is 0 Å². The van der Waals surface area contributed by atoms with E-state index in [1.807, 2.05) is 33.0 Å². The van der Waals surface area contributed by atoms with Crippen LogP contribution in [0.25, 0.3) is 11.1 Å². The number of carbonyl (C=O) groups is 1. The first-order chi connectivity index (χ1) is 15.2. The number of halogens is 2. The molecule has 0 N–H and O–H groups in total. The van der Waals surface area contributed by atoms with Gasteiger partial charge in [0, 0.05) is 25.2 Å². The van der Waals surface area contributed by atoms with Gasteiger partial charge in [0.15, 0.2) is 11.6 Å². The van der Waals surface area contributed by atoms with E-state index in [2.05, 4.69) is 15.1 Å². The van der Waals surface area contributed by atoms with Crippen LogP contribution in [0.2, 0.25) is 0 Å². The van der Waals surface area contributed by atoms with Gasteiger partial charge in [-0.2, -0.15) is 5.10 Å². The van der Waals surface area contributed by atoms with Gasteiger partial charge in [-0.15, -0.1) is 0 Å². The van der Waals surface area contributed by atoms with Crippen LogP contribution < -0.4 is 4.90 Å². The summed E-state index contributed by atoms with van der Waals surface area (Å²) < 4.78 is 36.2. The van der Waals surface area contributed by atoms with Crippen LogP contribution in [0.1, 0.15) is 38.1 Å². The summed E-state index contributed by atoms with van der Waals surface area (Å²) in [7, 11) is 1.80. The van der Waals surface area contributed by atoms with Crippen LogP contribution in [0.15, 0.2) is 36.8 Å². The fourth-order valence-corrected chi connectivity index (χ4v) is 3.89. The Kier molecular flexibility index (Phi) is 5.90. The third kappa shape index (κ3) is 4.19. The van der Waals surface area contributed by atoms with Crippen LogP contribution in [0.4, 0.5) is 19.4 Å². The normalized spacial score (nSPS) is 17.2. The highest BCUT2D eigenvalue weighted by molar-refractivity contribution is 5.89. The van der Waals surface area contributed by atoms with Crippen LogP contribution in [-0.2, 0) is 18.2 Å². The lowest BCUT2D eigenvalue weighted by atomic mass is 9.95. The number of anilines is 1. The topological polar surface area (TPSA) is 73.1 Å². The molecule has 0 bridgehead atoms. The highest BCUT2D eigenvalue weighted by Crippen LogP contribution is 2.30. The van der Waals surface area contributed by atoms with Crippen molar-refractivity contribution < 1.29 is 18.3 Å². The average Bonchev–Trinajstić information content (AvgIpc) is 3.35. The van der Waals surface area contributed by atoms with Crippen molar-refractivity contribution >= 4 is 11.9 Å². The van der Waals surface area contributed by atoms with Gasteiger partial charge in [-0.25, -0.2) is 23.5 Å². The second-order valence-electron chi connectivity index (χ2n) is 8.46. The SMILES string of the molecule is CC(C)[C@H]1COC(=O)N1c1nc(C[C@@H](C)c2ccc(-c3cnn(C)c3)cc2F)ncc1F. The Morgan fingerprint density at radius 3 is 2.59 bits per heavy atom. The van der Waals surface area contributed by atoms with Crippen molar-refractivity contribution in [3.8, 4) is 11.1 Å². The number of cyclic esters (lactones) is 1. The predicted molar refractivity (Wildman–Crippen MR) is 115 cm³/mol. The van der Waals surface area contributed by atoms with E-state index >= 15 is 0 Å². The number of aryl methyl sites for hydroxylation is 1. The van der Waals surface area contributed by atoms with Crippen molar-refractivity contribution in [1.82, 2.24) is 19.7 Å². The largest absolute Gasteiger partial charge is 0.447 e. The minimum Gasteiger partial charge on any atom is -0.447 e. The first-order valence-corrected chi connectivity index (χ1v) is 10.5. The van der Waals surface area contributed by atoms with Gasteiger partial charge in [0.1, 0.15) is 18.2 Å². The van der Waals surface area contributed by atoms with E-state index in [9.17, 15) is 13.6 Å². The third-order valence-corrected chi connectivity index (χ3v) is 5.74. The standard InChI is InChI=1S/C23H25F2N5O2/c1-13(2)20-12-32-23(31)30(20)22-19(25)10-26-21(28-22)7-14(3)17-6-5-15(8-18(17)24)16-9-27-29(4)11-16/h5-6,8-11,13-14,20H,7,12H2,1-4H3/t14-,20-/m1/s1. The van der Waals surface area contributed by atoms with E-state index in [1.165, 1.54) is 11.0 Å². The molecule has 1 amide bonds. The van der Waals surface area contributed by atoms with Gasteiger partial charge < -0.3 is 4.74 Å². The Bertz CT molecular complexity index is 1150. The van der Waals surface area contributed by atoms with E-state index in [1.54, 1.807) is 24.0 Å². The molecule has 0 unspecified atom stereocenters. The maximum atomic E-state index is 14.9. The maximum Gasteiger partial charge on any atom is 0.416 e. The molecule has 1 saturated heterocycles. The number of benzene rings is 1. The first-order valence-electron chi connectivity index (χ1n) is 10.5. The number of aromatic nitrogens is 4. The van der Waals surface area contributed by atoms with Crippen molar-refractivity contribution in [2.75, 3.05) is 11.5 Å². The predicted octanol–water partition coefficient (Wildman–Crippen LogP) is 4.48. The van der Waals surface area contributed by atoms with Gasteiger partial charge >= 0.3 is 6.09 Å². The number of ether oxygens (including phenoxy) is 1. The van der Waals surface area contributed by atoms with Crippen LogP contribution >= 0.6 is 0 Å². The Morgan fingerprint density at radius 1 is 1.16 bits per heavy atom. The van der Waals surface area contributed by atoms with Crippen LogP contribution in [0.3, 0.4) is 0 Å². The molecule has 4 rings (SSSR count). The van der Waals surface area contributed by atoms with Crippen LogP contribution in [0.5, 0.6) is 0 Å². The molecule has 3 aromatic rings. The van der Waals surface area contributed by atoms with Gasteiger partial charge in [0.05, 0.1) is 18.4 Å². The van der Waals surface area contributed by atoms with Gasteiger partial charge in [-0.05, 0) is 29.0 Å². The first kappa shape index (κ1) is 21.9. The molecule has 1 aromatic carbocycles. The Balaban J connectivity index is 1.57. The summed E-state index contributed by atoms with van der Waals surface area (Å²) >= 11 is 0. The molecule has 1 aliphatic heterocycles. The zero-order chi connectivity index (χ0) is 23.0. The highest BCUT2D eigenvalue weighted by atomic mass is 19.1. The molecule has 0 radical (unpaired) electrons. The second kappa shape index (κ2) is 8.64. The molecule has 3 heterocycles. The average molecular weight is 441 g/mol. The molecule has 2 atom stereocenters. The molecule has 168 valence electrons. The smallest absolute Gasteiger partial charge is 0.416 e. The summed E-state index contributed by atoms with van der Waals surface area (Å²) in [6.45, 7) is 5.90. The Labute approximate surface area is 185 Å². The fourth-order valence-electron chi connectivity index (χ4n) is 3.89. The van der Waals surface area contributed by atoms with E-state index < -0.39 is 11.9 Å². The lowest BCUT2D eigenvalue weighted by Crippen LogP contribution is -2.38. The van der Waals surface area contributed by atoms with Gasteiger partial charge in [0.2, 0.25) is 0 Å². The Morgan fingerprint density at radius 2 is 1.94 bits per heavy atom. The van der Waals surface area contributed by atoms with E-state index in [4.69, 9.17) is 4.74 Å². The summed E-state index contributed by atoms with van der Waals surface area (Å²) in [6, 6.07) is 4.75. The lowest BCUT2D eigenvalue weighted by molar-refractivity contribution is 0.177. The zero-order valence-electron chi connectivity index (χ0n) is 18.4. The van der Waals surface area contributed by atoms with Crippen LogP contribution in [-0.4, -0.2) is 38.5 Å². The number of amides is 1. The van der Waals surface area contributed by atoms with E-state index in [-0.39, 0.29) is 42.5 Å². The zero-order valence-corrected chi connectivity index (χ0v) is 18.4. The second-order valence-corrected chi connectivity index (χ2v) is 8.46. The quantitative estimate of drug-likeness (QED) is 0.564. The molecule has 32 heavy (non-hydrogen) atoms. The van der Waals surface area contributed by atoms with Crippen LogP contribution in [0, 0.1) is 17.6 Å². The molecular weight excluding hydrogens is 416 g/mol. The van der Waals surface area contributed by atoms with Crippen molar-refractivity contribution in [2.24, 2.45) is 13.0 Å². The maximum absolute atomic E-state index is 14.9. The summed E-state index contributed by atoms with van der Waals surface area (Å²) in [5.41, 5.74) is 2.07.